The molecule has 0 bridgehead atoms. The van der Waals surface area contributed by atoms with Crippen LogP contribution in [-0.4, -0.2) is 7.05 Å². The largest absolute Gasteiger partial charge is 0.313 e. The van der Waals surface area contributed by atoms with Gasteiger partial charge in [0, 0.05) is 11.1 Å². The number of nitrogens with one attached hydrogen (secondary N) is 1. The lowest BCUT2D eigenvalue weighted by Crippen LogP contribution is -2.25. The minimum atomic E-state index is 0.506. The zero-order valence-electron chi connectivity index (χ0n) is 8.68. The van der Waals surface area contributed by atoms with Gasteiger partial charge in [-0.05, 0) is 49.1 Å². The van der Waals surface area contributed by atoms with Crippen molar-refractivity contribution in [3.05, 3.63) is 34.3 Å². The van der Waals surface area contributed by atoms with Gasteiger partial charge in [0.1, 0.15) is 0 Å². The summed E-state index contributed by atoms with van der Waals surface area (Å²) in [6.07, 6.45) is 2.39. The van der Waals surface area contributed by atoms with E-state index >= 15 is 0 Å². The Bertz CT molecular complexity index is 335. The molecule has 1 nitrogen and oxygen atoms in total. The fraction of sp³-hybridized carbons (Fsp3) is 0.500. The molecular weight excluding hydrogens is 194 g/mol. The van der Waals surface area contributed by atoms with Crippen molar-refractivity contribution in [3.63, 3.8) is 0 Å². The average Bonchev–Trinajstić information content (AvgIpc) is 2.15. The minimum absolute atomic E-state index is 0.506. The van der Waals surface area contributed by atoms with E-state index < -0.39 is 0 Å². The number of hydrogen-bond acceptors (Lipinski definition) is 1. The van der Waals surface area contributed by atoms with E-state index in [-0.39, 0.29) is 0 Å². The maximum Gasteiger partial charge on any atom is 0.0408 e. The molecule has 0 heterocycles. The van der Waals surface area contributed by atoms with Crippen molar-refractivity contribution < 1.29 is 0 Å². The predicted octanol–water partition coefficient (Wildman–Crippen LogP) is 3.18. The molecule has 1 aromatic carbocycles. The Labute approximate surface area is 90.5 Å². The third-order valence-corrected chi connectivity index (χ3v) is 3.27. The zero-order chi connectivity index (χ0) is 10.1. The zero-order valence-corrected chi connectivity index (χ0v) is 9.43. The fourth-order valence-electron chi connectivity index (χ4n) is 2.35. The van der Waals surface area contributed by atoms with Gasteiger partial charge in [0.05, 0.1) is 0 Å². The summed E-state index contributed by atoms with van der Waals surface area (Å²) in [7, 11) is 2.03. The van der Waals surface area contributed by atoms with Gasteiger partial charge in [0.25, 0.3) is 0 Å². The Morgan fingerprint density at radius 1 is 1.43 bits per heavy atom. The first-order valence-electron chi connectivity index (χ1n) is 5.16. The van der Waals surface area contributed by atoms with Crippen LogP contribution in [0.3, 0.4) is 0 Å². The van der Waals surface area contributed by atoms with Gasteiger partial charge in [-0.1, -0.05) is 24.6 Å². The Morgan fingerprint density at radius 3 is 2.93 bits per heavy atom. The Kier molecular flexibility index (Phi) is 2.80. The Morgan fingerprint density at radius 2 is 2.21 bits per heavy atom. The first-order chi connectivity index (χ1) is 6.70. The molecule has 0 saturated heterocycles. The Balaban J connectivity index is 2.40. The number of benzene rings is 1. The normalized spacial score (nSPS) is 25.9. The van der Waals surface area contributed by atoms with Crippen LogP contribution in [0.5, 0.6) is 0 Å². The molecule has 76 valence electrons. The first-order valence-corrected chi connectivity index (χ1v) is 5.54. The number of fused-ring (bicyclic) bond motifs is 1. The van der Waals surface area contributed by atoms with E-state index in [4.69, 9.17) is 11.6 Å². The van der Waals surface area contributed by atoms with Crippen LogP contribution in [0, 0.1) is 5.92 Å². The highest BCUT2D eigenvalue weighted by Gasteiger charge is 2.23. The standard InChI is InChI=1S/C12H16ClN/c1-8-5-9-7-10(13)3-4-11(9)12(6-8)14-2/h3-4,7-8,12,14H,5-6H2,1-2H3. The van der Waals surface area contributed by atoms with E-state index in [2.05, 4.69) is 24.4 Å². The predicted molar refractivity (Wildman–Crippen MR) is 60.7 cm³/mol. The van der Waals surface area contributed by atoms with Crippen molar-refractivity contribution in [2.75, 3.05) is 7.05 Å². The van der Waals surface area contributed by atoms with E-state index in [0.29, 0.717) is 6.04 Å². The molecule has 14 heavy (non-hydrogen) atoms. The second-order valence-electron chi connectivity index (χ2n) is 4.23. The first kappa shape index (κ1) is 10.0. The van der Waals surface area contributed by atoms with Crippen molar-refractivity contribution in [1.82, 2.24) is 5.32 Å². The molecule has 0 aromatic heterocycles. The van der Waals surface area contributed by atoms with E-state index in [1.165, 1.54) is 17.5 Å². The highest BCUT2D eigenvalue weighted by molar-refractivity contribution is 6.30. The van der Waals surface area contributed by atoms with Crippen LogP contribution >= 0.6 is 11.6 Å². The van der Waals surface area contributed by atoms with Crippen LogP contribution in [0.2, 0.25) is 5.02 Å². The highest BCUT2D eigenvalue weighted by atomic mass is 35.5. The summed E-state index contributed by atoms with van der Waals surface area (Å²) < 4.78 is 0. The lowest BCUT2D eigenvalue weighted by atomic mass is 9.82. The van der Waals surface area contributed by atoms with E-state index in [9.17, 15) is 0 Å². The van der Waals surface area contributed by atoms with Gasteiger partial charge >= 0.3 is 0 Å². The molecule has 2 atom stereocenters. The van der Waals surface area contributed by atoms with Gasteiger partial charge in [-0.3, -0.25) is 0 Å². The molecule has 0 saturated carbocycles. The summed E-state index contributed by atoms with van der Waals surface area (Å²) in [6.45, 7) is 2.30. The average molecular weight is 210 g/mol. The molecule has 0 amide bonds. The SMILES string of the molecule is CNC1CC(C)Cc2cc(Cl)ccc21. The molecule has 2 unspecified atom stereocenters. The molecular formula is C12H16ClN. The minimum Gasteiger partial charge on any atom is -0.313 e. The van der Waals surface area contributed by atoms with Crippen molar-refractivity contribution in [3.8, 4) is 0 Å². The summed E-state index contributed by atoms with van der Waals surface area (Å²) in [5.74, 6) is 0.749. The molecule has 1 aliphatic rings. The summed E-state index contributed by atoms with van der Waals surface area (Å²) in [4.78, 5) is 0. The van der Waals surface area contributed by atoms with Crippen molar-refractivity contribution in [2.45, 2.75) is 25.8 Å². The molecule has 0 radical (unpaired) electrons. The van der Waals surface area contributed by atoms with E-state index in [1.54, 1.807) is 0 Å². The van der Waals surface area contributed by atoms with Crippen molar-refractivity contribution >= 4 is 11.6 Å². The lowest BCUT2D eigenvalue weighted by Gasteiger charge is -2.29. The van der Waals surface area contributed by atoms with Crippen molar-refractivity contribution in [1.29, 1.82) is 0 Å². The summed E-state index contributed by atoms with van der Waals surface area (Å²) in [5, 5.41) is 4.22. The van der Waals surface area contributed by atoms with Gasteiger partial charge < -0.3 is 5.32 Å². The highest BCUT2D eigenvalue weighted by Crippen LogP contribution is 2.34. The number of hydrogen-bond donors (Lipinski definition) is 1. The maximum atomic E-state index is 5.99. The van der Waals surface area contributed by atoms with E-state index in [1.807, 2.05) is 13.1 Å². The van der Waals surface area contributed by atoms with E-state index in [0.717, 1.165) is 17.4 Å². The molecule has 2 heteroatoms. The summed E-state index contributed by atoms with van der Waals surface area (Å²) in [5.41, 5.74) is 2.84. The number of halogens is 1. The smallest absolute Gasteiger partial charge is 0.0408 e. The second-order valence-corrected chi connectivity index (χ2v) is 4.67. The lowest BCUT2D eigenvalue weighted by molar-refractivity contribution is 0.399. The molecule has 0 aliphatic heterocycles. The van der Waals surface area contributed by atoms with Crippen LogP contribution in [0.4, 0.5) is 0 Å². The molecule has 1 N–H and O–H groups in total. The van der Waals surface area contributed by atoms with Gasteiger partial charge in [-0.25, -0.2) is 0 Å². The summed E-state index contributed by atoms with van der Waals surface area (Å²) >= 11 is 5.99. The summed E-state index contributed by atoms with van der Waals surface area (Å²) in [6, 6.07) is 6.76. The third-order valence-electron chi connectivity index (χ3n) is 3.04. The number of rotatable bonds is 1. The second kappa shape index (κ2) is 3.92. The maximum absolute atomic E-state index is 5.99. The Hall–Kier alpha value is -0.530. The van der Waals surface area contributed by atoms with Gasteiger partial charge in [-0.2, -0.15) is 0 Å². The van der Waals surface area contributed by atoms with Crippen molar-refractivity contribution in [2.24, 2.45) is 5.92 Å². The van der Waals surface area contributed by atoms with Crippen LogP contribution in [-0.2, 0) is 6.42 Å². The van der Waals surface area contributed by atoms with Gasteiger partial charge in [0.2, 0.25) is 0 Å². The topological polar surface area (TPSA) is 12.0 Å². The fourth-order valence-corrected chi connectivity index (χ4v) is 2.55. The quantitative estimate of drug-likeness (QED) is 0.749. The van der Waals surface area contributed by atoms with Crippen LogP contribution in [0.1, 0.15) is 30.5 Å². The van der Waals surface area contributed by atoms with Gasteiger partial charge in [0.15, 0.2) is 0 Å². The van der Waals surface area contributed by atoms with Crippen LogP contribution in [0.15, 0.2) is 18.2 Å². The molecule has 1 aliphatic carbocycles. The van der Waals surface area contributed by atoms with Crippen LogP contribution < -0.4 is 5.32 Å². The third kappa shape index (κ3) is 1.79. The molecule has 2 rings (SSSR count). The molecule has 0 spiro atoms. The van der Waals surface area contributed by atoms with Crippen LogP contribution in [0.25, 0.3) is 0 Å². The molecule has 0 fully saturated rings. The monoisotopic (exact) mass is 209 g/mol. The molecule has 1 aromatic rings. The van der Waals surface area contributed by atoms with Gasteiger partial charge in [-0.15, -0.1) is 0 Å².